The van der Waals surface area contributed by atoms with Gasteiger partial charge in [-0.25, -0.2) is 0 Å². The molecule has 1 rings (SSSR count). The van der Waals surface area contributed by atoms with Gasteiger partial charge in [0.25, 0.3) is 0 Å². The summed E-state index contributed by atoms with van der Waals surface area (Å²) >= 11 is 0. The van der Waals surface area contributed by atoms with E-state index in [-0.39, 0.29) is 11.3 Å². The quantitative estimate of drug-likeness (QED) is 0.691. The highest BCUT2D eigenvalue weighted by Gasteiger charge is 2.28. The molecule has 0 aromatic heterocycles. The van der Waals surface area contributed by atoms with Gasteiger partial charge < -0.3 is 9.80 Å². The van der Waals surface area contributed by atoms with Gasteiger partial charge >= 0.3 is 0 Å². The van der Waals surface area contributed by atoms with Crippen LogP contribution in [0.4, 0.5) is 0 Å². The Labute approximate surface area is 93.4 Å². The summed E-state index contributed by atoms with van der Waals surface area (Å²) in [6.07, 6.45) is 1.22. The predicted octanol–water partition coefficient (Wildman–Crippen LogP) is 1.44. The number of carbonyl (C=O) groups excluding carboxylic acids is 1. The van der Waals surface area contributed by atoms with Gasteiger partial charge in [-0.05, 0) is 25.9 Å². The topological polar surface area (TPSA) is 23.6 Å². The van der Waals surface area contributed by atoms with Gasteiger partial charge in [0.05, 0.1) is 0 Å². The maximum atomic E-state index is 11.9. The number of hydrogen-bond acceptors (Lipinski definition) is 2. The monoisotopic (exact) mass is 212 g/mol. The van der Waals surface area contributed by atoms with E-state index in [1.54, 1.807) is 0 Å². The van der Waals surface area contributed by atoms with Crippen LogP contribution in [0.25, 0.3) is 0 Å². The van der Waals surface area contributed by atoms with Gasteiger partial charge in [0, 0.05) is 25.6 Å². The highest BCUT2D eigenvalue weighted by atomic mass is 16.2. The molecule has 1 fully saturated rings. The van der Waals surface area contributed by atoms with Crippen LogP contribution in [0.2, 0.25) is 0 Å². The number of amides is 1. The van der Waals surface area contributed by atoms with Crippen LogP contribution in [0.3, 0.4) is 0 Å². The zero-order valence-corrected chi connectivity index (χ0v) is 10.7. The van der Waals surface area contributed by atoms with Crippen LogP contribution in [-0.4, -0.2) is 49.4 Å². The summed E-state index contributed by atoms with van der Waals surface area (Å²) in [5, 5.41) is 0. The Balaban J connectivity index is 2.42. The third-order valence-electron chi connectivity index (χ3n) is 3.01. The molecule has 0 N–H and O–H groups in total. The lowest BCUT2D eigenvalue weighted by Gasteiger charge is -2.28. The van der Waals surface area contributed by atoms with Crippen LogP contribution >= 0.6 is 0 Å². The third-order valence-corrected chi connectivity index (χ3v) is 3.01. The molecule has 0 aliphatic carbocycles. The molecule has 15 heavy (non-hydrogen) atoms. The predicted molar refractivity (Wildman–Crippen MR) is 62.7 cm³/mol. The van der Waals surface area contributed by atoms with Crippen LogP contribution in [0.1, 0.15) is 27.2 Å². The minimum Gasteiger partial charge on any atom is -0.345 e. The summed E-state index contributed by atoms with van der Waals surface area (Å²) in [4.78, 5) is 16.2. The van der Waals surface area contributed by atoms with Crippen molar-refractivity contribution in [3.05, 3.63) is 0 Å². The van der Waals surface area contributed by atoms with Crippen LogP contribution < -0.4 is 0 Å². The van der Waals surface area contributed by atoms with Gasteiger partial charge in [-0.3, -0.25) is 4.79 Å². The zero-order chi connectivity index (χ0) is 11.6. The fourth-order valence-corrected chi connectivity index (χ4v) is 2.22. The second-order valence-corrected chi connectivity index (χ2v) is 5.85. The molecule has 0 saturated carbocycles. The largest absolute Gasteiger partial charge is 0.345 e. The van der Waals surface area contributed by atoms with Crippen LogP contribution in [0, 0.1) is 11.3 Å². The minimum atomic E-state index is -0.251. The highest BCUT2D eigenvalue weighted by Crippen LogP contribution is 2.20. The van der Waals surface area contributed by atoms with Crippen molar-refractivity contribution >= 4 is 5.91 Å². The lowest BCUT2D eigenvalue weighted by molar-refractivity contribution is -0.138. The Bertz CT molecular complexity index is 232. The molecular weight excluding hydrogens is 188 g/mol. The summed E-state index contributed by atoms with van der Waals surface area (Å²) in [5.74, 6) is 0.906. The molecular formula is C12H24N2O. The lowest BCUT2D eigenvalue weighted by Crippen LogP contribution is -2.39. The van der Waals surface area contributed by atoms with E-state index in [4.69, 9.17) is 0 Å². The first-order chi connectivity index (χ1) is 6.80. The normalized spacial score (nSPS) is 23.1. The Kier molecular flexibility index (Phi) is 3.77. The van der Waals surface area contributed by atoms with Gasteiger partial charge in [-0.1, -0.05) is 20.8 Å². The summed E-state index contributed by atoms with van der Waals surface area (Å²) < 4.78 is 0. The summed E-state index contributed by atoms with van der Waals surface area (Å²) in [5.41, 5.74) is -0.251. The average molecular weight is 212 g/mol. The van der Waals surface area contributed by atoms with E-state index in [1.807, 2.05) is 32.7 Å². The Morgan fingerprint density at radius 2 is 2.07 bits per heavy atom. The van der Waals surface area contributed by atoms with Crippen LogP contribution in [0.15, 0.2) is 0 Å². The summed E-state index contributed by atoms with van der Waals surface area (Å²) in [7, 11) is 4.07. The minimum absolute atomic E-state index is 0.247. The van der Waals surface area contributed by atoms with E-state index in [2.05, 4.69) is 11.9 Å². The van der Waals surface area contributed by atoms with Crippen molar-refractivity contribution in [2.45, 2.75) is 27.2 Å². The molecule has 0 spiro atoms. The average Bonchev–Trinajstić information content (AvgIpc) is 2.48. The second-order valence-electron chi connectivity index (χ2n) is 5.85. The van der Waals surface area contributed by atoms with Gasteiger partial charge in [0.15, 0.2) is 0 Å². The van der Waals surface area contributed by atoms with Crippen molar-refractivity contribution in [2.75, 3.05) is 33.7 Å². The molecule has 1 saturated heterocycles. The third kappa shape index (κ3) is 3.49. The molecule has 3 nitrogen and oxygen atoms in total. The van der Waals surface area contributed by atoms with Crippen molar-refractivity contribution in [3.63, 3.8) is 0 Å². The molecule has 1 aliphatic heterocycles. The van der Waals surface area contributed by atoms with E-state index in [0.29, 0.717) is 5.92 Å². The molecule has 1 heterocycles. The Morgan fingerprint density at radius 3 is 2.47 bits per heavy atom. The number of rotatable bonds is 2. The molecule has 88 valence electrons. The van der Waals surface area contributed by atoms with E-state index in [9.17, 15) is 4.79 Å². The summed E-state index contributed by atoms with van der Waals surface area (Å²) in [6.45, 7) is 9.14. The first-order valence-corrected chi connectivity index (χ1v) is 5.75. The fourth-order valence-electron chi connectivity index (χ4n) is 2.22. The maximum absolute atomic E-state index is 11.9. The van der Waals surface area contributed by atoms with Crippen molar-refractivity contribution in [1.82, 2.24) is 9.80 Å². The second kappa shape index (κ2) is 4.52. The first kappa shape index (κ1) is 12.5. The Hall–Kier alpha value is -0.570. The van der Waals surface area contributed by atoms with Gasteiger partial charge in [0.2, 0.25) is 5.91 Å². The maximum Gasteiger partial charge on any atom is 0.227 e. The lowest BCUT2D eigenvalue weighted by atomic mass is 9.94. The molecule has 3 heteroatoms. The number of hydrogen-bond donors (Lipinski definition) is 0. The van der Waals surface area contributed by atoms with Crippen molar-refractivity contribution in [3.8, 4) is 0 Å². The summed E-state index contributed by atoms with van der Waals surface area (Å²) in [6, 6.07) is 0. The zero-order valence-electron chi connectivity index (χ0n) is 10.7. The van der Waals surface area contributed by atoms with Crippen LogP contribution in [-0.2, 0) is 4.79 Å². The molecule has 0 aromatic rings. The molecule has 1 amide bonds. The molecule has 1 aliphatic rings. The van der Waals surface area contributed by atoms with Gasteiger partial charge in [-0.2, -0.15) is 0 Å². The fraction of sp³-hybridized carbons (Fsp3) is 0.917. The number of carbonyl (C=O) groups is 1. The Morgan fingerprint density at radius 1 is 1.47 bits per heavy atom. The number of nitrogens with zero attached hydrogens (tertiary/aromatic N) is 2. The molecule has 1 unspecified atom stereocenters. The van der Waals surface area contributed by atoms with Gasteiger partial charge in [-0.15, -0.1) is 0 Å². The van der Waals surface area contributed by atoms with E-state index in [0.717, 1.165) is 13.1 Å². The molecule has 0 bridgehead atoms. The highest BCUT2D eigenvalue weighted by molar-refractivity contribution is 5.81. The van der Waals surface area contributed by atoms with Gasteiger partial charge in [0.1, 0.15) is 0 Å². The molecule has 1 atom stereocenters. The molecule has 0 aromatic carbocycles. The van der Waals surface area contributed by atoms with E-state index >= 15 is 0 Å². The molecule has 0 radical (unpaired) electrons. The van der Waals surface area contributed by atoms with Crippen LogP contribution in [0.5, 0.6) is 0 Å². The van der Waals surface area contributed by atoms with E-state index < -0.39 is 0 Å². The standard InChI is InChI=1S/C12H24N2O/c1-12(2,3)11(15)14(5)9-10-6-7-13(4)8-10/h10H,6-9H2,1-5H3. The van der Waals surface area contributed by atoms with Crippen molar-refractivity contribution in [2.24, 2.45) is 11.3 Å². The van der Waals surface area contributed by atoms with Crippen molar-refractivity contribution in [1.29, 1.82) is 0 Å². The smallest absolute Gasteiger partial charge is 0.227 e. The van der Waals surface area contributed by atoms with Crippen molar-refractivity contribution < 1.29 is 4.79 Å². The SMILES string of the molecule is CN1CCC(CN(C)C(=O)C(C)(C)C)C1. The van der Waals surface area contributed by atoms with E-state index in [1.165, 1.54) is 13.0 Å². The first-order valence-electron chi connectivity index (χ1n) is 5.75. The number of likely N-dealkylation sites (tertiary alicyclic amines) is 1.